The first-order chi connectivity index (χ1) is 20.1. The van der Waals surface area contributed by atoms with Gasteiger partial charge in [0.15, 0.2) is 0 Å². The van der Waals surface area contributed by atoms with Gasteiger partial charge in [0.1, 0.15) is 18.4 Å². The van der Waals surface area contributed by atoms with Gasteiger partial charge in [-0.25, -0.2) is 12.8 Å². The Morgan fingerprint density at radius 1 is 0.977 bits per heavy atom. The van der Waals surface area contributed by atoms with Crippen LogP contribution in [0.1, 0.15) is 37.0 Å². The number of hydrogen-bond donors (Lipinski definition) is 1. The fraction of sp³-hybridized carbons (Fsp3) is 0.333. The van der Waals surface area contributed by atoms with Gasteiger partial charge >= 0.3 is 6.18 Å². The fourth-order valence-electron chi connectivity index (χ4n) is 4.28. The summed E-state index contributed by atoms with van der Waals surface area (Å²) in [6.07, 6.45) is -3.49. The largest absolute Gasteiger partial charge is 0.417 e. The Bertz CT molecular complexity index is 1520. The second kappa shape index (κ2) is 14.2. The monoisotopic (exact) mass is 641 g/mol. The van der Waals surface area contributed by atoms with Crippen molar-refractivity contribution >= 4 is 39.1 Å². The first-order valence-electron chi connectivity index (χ1n) is 13.3. The molecule has 0 aliphatic rings. The standard InChI is InChI=1S/C30H32ClF4N3O4S/c1-4-20(2)36-29(40)27(16-21-8-6-5-7-9-21)37(18-22-10-12-23(32)13-11-22)28(39)19-38(43(3,41)42)24-14-15-26(31)25(17-24)30(33,34)35/h5-15,17,20,27H,4,16,18-19H2,1-3H3,(H,36,40)/t20-,27+/m1/s1. The van der Waals surface area contributed by atoms with Crippen LogP contribution in [0.3, 0.4) is 0 Å². The van der Waals surface area contributed by atoms with Crippen LogP contribution < -0.4 is 9.62 Å². The highest BCUT2D eigenvalue weighted by atomic mass is 35.5. The van der Waals surface area contributed by atoms with Gasteiger partial charge in [-0.1, -0.05) is 61.0 Å². The molecule has 0 bridgehead atoms. The van der Waals surface area contributed by atoms with Crippen molar-refractivity contribution in [2.75, 3.05) is 17.1 Å². The molecule has 2 amide bonds. The van der Waals surface area contributed by atoms with E-state index in [2.05, 4.69) is 5.32 Å². The molecule has 0 saturated heterocycles. The van der Waals surface area contributed by atoms with Crippen LogP contribution in [-0.2, 0) is 38.8 Å². The average Bonchev–Trinajstić information content (AvgIpc) is 2.94. The zero-order chi connectivity index (χ0) is 31.9. The molecule has 13 heteroatoms. The van der Waals surface area contributed by atoms with Crippen molar-refractivity contribution in [3.63, 3.8) is 0 Å². The van der Waals surface area contributed by atoms with E-state index in [1.807, 2.05) is 6.92 Å². The second-order valence-electron chi connectivity index (χ2n) is 10.1. The molecular weight excluding hydrogens is 610 g/mol. The number of alkyl halides is 3. The summed E-state index contributed by atoms with van der Waals surface area (Å²) < 4.78 is 80.6. The number of carbonyl (C=O) groups is 2. The summed E-state index contributed by atoms with van der Waals surface area (Å²) in [6, 6.07) is 15.1. The zero-order valence-electron chi connectivity index (χ0n) is 23.7. The van der Waals surface area contributed by atoms with Gasteiger partial charge in [-0.2, -0.15) is 13.2 Å². The first-order valence-corrected chi connectivity index (χ1v) is 15.6. The minimum atomic E-state index is -4.89. The molecule has 43 heavy (non-hydrogen) atoms. The number of anilines is 1. The molecule has 7 nitrogen and oxygen atoms in total. The van der Waals surface area contributed by atoms with E-state index in [-0.39, 0.29) is 19.0 Å². The molecule has 0 unspecified atom stereocenters. The summed E-state index contributed by atoms with van der Waals surface area (Å²) in [6.45, 7) is 2.52. The van der Waals surface area contributed by atoms with E-state index in [0.717, 1.165) is 23.3 Å². The van der Waals surface area contributed by atoms with Gasteiger partial charge in [-0.15, -0.1) is 0 Å². The quantitative estimate of drug-likeness (QED) is 0.253. The molecule has 0 saturated carbocycles. The Kier molecular flexibility index (Phi) is 11.2. The molecule has 2 atom stereocenters. The van der Waals surface area contributed by atoms with Crippen molar-refractivity contribution in [1.82, 2.24) is 10.2 Å². The molecule has 0 heterocycles. The Balaban J connectivity index is 2.10. The molecule has 3 rings (SSSR count). The number of nitrogens with one attached hydrogen (secondary N) is 1. The van der Waals surface area contributed by atoms with E-state index in [0.29, 0.717) is 27.9 Å². The van der Waals surface area contributed by atoms with Crippen molar-refractivity contribution < 1.29 is 35.6 Å². The summed E-state index contributed by atoms with van der Waals surface area (Å²) in [5.74, 6) is -1.90. The zero-order valence-corrected chi connectivity index (χ0v) is 25.3. The van der Waals surface area contributed by atoms with E-state index >= 15 is 0 Å². The molecule has 0 aliphatic heterocycles. The number of carbonyl (C=O) groups excluding carboxylic acids is 2. The summed E-state index contributed by atoms with van der Waals surface area (Å²) in [5.41, 5.74) is -0.555. The van der Waals surface area contributed by atoms with E-state index in [1.165, 1.54) is 24.3 Å². The number of rotatable bonds is 12. The van der Waals surface area contributed by atoms with Crippen LogP contribution in [0.15, 0.2) is 72.8 Å². The maximum absolute atomic E-state index is 14.0. The third-order valence-corrected chi connectivity index (χ3v) is 8.23. The highest BCUT2D eigenvalue weighted by molar-refractivity contribution is 7.92. The number of amides is 2. The molecule has 3 aromatic rings. The summed E-state index contributed by atoms with van der Waals surface area (Å²) in [7, 11) is -4.30. The lowest BCUT2D eigenvalue weighted by Gasteiger charge is -2.34. The van der Waals surface area contributed by atoms with E-state index < -0.39 is 62.7 Å². The van der Waals surface area contributed by atoms with Crippen molar-refractivity contribution in [3.05, 3.63) is 100 Å². The van der Waals surface area contributed by atoms with Crippen LogP contribution in [0.5, 0.6) is 0 Å². The SMILES string of the molecule is CC[C@@H](C)NC(=O)[C@H](Cc1ccccc1)N(Cc1ccc(F)cc1)C(=O)CN(c1ccc(Cl)c(C(F)(F)F)c1)S(C)(=O)=O. The predicted octanol–water partition coefficient (Wildman–Crippen LogP) is 5.82. The van der Waals surface area contributed by atoms with E-state index in [9.17, 15) is 35.6 Å². The van der Waals surface area contributed by atoms with Crippen molar-refractivity contribution in [2.24, 2.45) is 0 Å². The fourth-order valence-corrected chi connectivity index (χ4v) is 5.35. The van der Waals surface area contributed by atoms with Crippen LogP contribution in [-0.4, -0.2) is 50.0 Å². The minimum absolute atomic E-state index is 0.0497. The lowest BCUT2D eigenvalue weighted by Crippen LogP contribution is -2.54. The number of benzene rings is 3. The highest BCUT2D eigenvalue weighted by Gasteiger charge is 2.36. The Morgan fingerprint density at radius 3 is 2.16 bits per heavy atom. The van der Waals surface area contributed by atoms with Crippen molar-refractivity contribution in [2.45, 2.75) is 51.5 Å². The molecule has 0 aromatic heterocycles. The number of sulfonamides is 1. The van der Waals surface area contributed by atoms with Gasteiger partial charge < -0.3 is 10.2 Å². The van der Waals surface area contributed by atoms with Gasteiger partial charge in [0.2, 0.25) is 21.8 Å². The molecule has 0 radical (unpaired) electrons. The molecule has 1 N–H and O–H groups in total. The van der Waals surface area contributed by atoms with Crippen molar-refractivity contribution in [3.8, 4) is 0 Å². The summed E-state index contributed by atoms with van der Waals surface area (Å²) in [5, 5.41) is 2.22. The van der Waals surface area contributed by atoms with E-state index in [4.69, 9.17) is 11.6 Å². The molecule has 3 aromatic carbocycles. The lowest BCUT2D eigenvalue weighted by molar-refractivity contribution is -0.140. The molecule has 0 fully saturated rings. The maximum Gasteiger partial charge on any atom is 0.417 e. The van der Waals surface area contributed by atoms with Crippen LogP contribution in [0, 0.1) is 5.82 Å². The summed E-state index contributed by atoms with van der Waals surface area (Å²) >= 11 is 5.73. The maximum atomic E-state index is 14.0. The van der Waals surface area contributed by atoms with Crippen LogP contribution >= 0.6 is 11.6 Å². The Hall–Kier alpha value is -3.64. The smallest absolute Gasteiger partial charge is 0.352 e. The minimum Gasteiger partial charge on any atom is -0.352 e. The van der Waals surface area contributed by atoms with Gasteiger partial charge in [-0.05, 0) is 54.8 Å². The van der Waals surface area contributed by atoms with Gasteiger partial charge in [-0.3, -0.25) is 13.9 Å². The molecule has 0 spiro atoms. The van der Waals surface area contributed by atoms with Crippen LogP contribution in [0.4, 0.5) is 23.2 Å². The molecular formula is C30H32ClF4N3O4S. The van der Waals surface area contributed by atoms with Crippen LogP contribution in [0.2, 0.25) is 5.02 Å². The third-order valence-electron chi connectivity index (χ3n) is 6.76. The number of hydrogen-bond acceptors (Lipinski definition) is 4. The van der Waals surface area contributed by atoms with Crippen molar-refractivity contribution in [1.29, 1.82) is 0 Å². The number of halogens is 5. The van der Waals surface area contributed by atoms with Crippen LogP contribution in [0.25, 0.3) is 0 Å². The van der Waals surface area contributed by atoms with E-state index in [1.54, 1.807) is 37.3 Å². The Morgan fingerprint density at radius 2 is 1.60 bits per heavy atom. The lowest BCUT2D eigenvalue weighted by atomic mass is 10.0. The second-order valence-corrected chi connectivity index (χ2v) is 12.4. The summed E-state index contributed by atoms with van der Waals surface area (Å²) in [4.78, 5) is 28.8. The normalized spacial score (nSPS) is 13.2. The van der Waals surface area contributed by atoms with Gasteiger partial charge in [0.05, 0.1) is 22.5 Å². The van der Waals surface area contributed by atoms with Gasteiger partial charge in [0.25, 0.3) is 0 Å². The third kappa shape index (κ3) is 9.42. The number of nitrogens with zero attached hydrogens (tertiary/aromatic N) is 2. The Labute approximate surface area is 253 Å². The molecule has 0 aliphatic carbocycles. The molecule has 232 valence electrons. The average molecular weight is 642 g/mol. The topological polar surface area (TPSA) is 86.8 Å². The van der Waals surface area contributed by atoms with Gasteiger partial charge in [0, 0.05) is 19.0 Å². The highest BCUT2D eigenvalue weighted by Crippen LogP contribution is 2.37. The first kappa shape index (κ1) is 33.9. The predicted molar refractivity (Wildman–Crippen MR) is 157 cm³/mol.